The molecule has 0 radical (unpaired) electrons. The highest BCUT2D eigenvalue weighted by atomic mass is 79.9. The fourth-order valence-electron chi connectivity index (χ4n) is 1.79. The summed E-state index contributed by atoms with van der Waals surface area (Å²) in [5.41, 5.74) is 0.291. The lowest BCUT2D eigenvalue weighted by atomic mass is 10.2. The Kier molecular flexibility index (Phi) is 4.39. The summed E-state index contributed by atoms with van der Waals surface area (Å²) in [6.07, 6.45) is 0.763. The lowest BCUT2D eigenvalue weighted by Crippen LogP contribution is -2.38. The van der Waals surface area contributed by atoms with Crippen molar-refractivity contribution in [1.29, 1.82) is 0 Å². The first-order valence-corrected chi connectivity index (χ1v) is 6.53. The van der Waals surface area contributed by atoms with E-state index in [9.17, 15) is 9.59 Å². The van der Waals surface area contributed by atoms with Gasteiger partial charge < -0.3 is 20.5 Å². The number of benzene rings is 1. The fourth-order valence-corrected chi connectivity index (χ4v) is 2.16. The van der Waals surface area contributed by atoms with Gasteiger partial charge in [-0.2, -0.15) is 0 Å². The van der Waals surface area contributed by atoms with E-state index in [1.54, 1.807) is 6.07 Å². The molecule has 1 fully saturated rings. The summed E-state index contributed by atoms with van der Waals surface area (Å²) in [6.45, 7) is 1.11. The van der Waals surface area contributed by atoms with Crippen LogP contribution in [0.1, 0.15) is 16.8 Å². The zero-order chi connectivity index (χ0) is 13.8. The van der Waals surface area contributed by atoms with Crippen LogP contribution >= 0.6 is 15.9 Å². The SMILES string of the molecule is O=C(Nc1ccc(Br)cc1C(=O)O)NC1CCOC1. The maximum absolute atomic E-state index is 11.7. The lowest BCUT2D eigenvalue weighted by Gasteiger charge is -2.13. The van der Waals surface area contributed by atoms with Gasteiger partial charge in [-0.25, -0.2) is 9.59 Å². The smallest absolute Gasteiger partial charge is 0.337 e. The van der Waals surface area contributed by atoms with Gasteiger partial charge in [0.15, 0.2) is 0 Å². The van der Waals surface area contributed by atoms with Gasteiger partial charge in [-0.15, -0.1) is 0 Å². The number of carbonyl (C=O) groups excluding carboxylic acids is 1. The Morgan fingerprint density at radius 1 is 1.42 bits per heavy atom. The first-order valence-electron chi connectivity index (χ1n) is 5.74. The van der Waals surface area contributed by atoms with E-state index in [0.717, 1.165) is 6.42 Å². The number of urea groups is 1. The van der Waals surface area contributed by atoms with Crippen LogP contribution in [-0.4, -0.2) is 36.4 Å². The van der Waals surface area contributed by atoms with Crippen molar-refractivity contribution in [2.75, 3.05) is 18.5 Å². The highest BCUT2D eigenvalue weighted by Crippen LogP contribution is 2.21. The number of carbonyl (C=O) groups is 2. The molecule has 6 nitrogen and oxygen atoms in total. The maximum atomic E-state index is 11.7. The molecule has 1 aromatic carbocycles. The molecular formula is C12H13BrN2O4. The Balaban J connectivity index is 2.05. The summed E-state index contributed by atoms with van der Waals surface area (Å²) < 4.78 is 5.78. The number of ether oxygens (including phenoxy) is 1. The zero-order valence-electron chi connectivity index (χ0n) is 9.98. The van der Waals surface area contributed by atoms with Gasteiger partial charge in [-0.3, -0.25) is 0 Å². The number of amides is 2. The molecule has 3 N–H and O–H groups in total. The lowest BCUT2D eigenvalue weighted by molar-refractivity contribution is 0.0698. The Labute approximate surface area is 118 Å². The second kappa shape index (κ2) is 6.03. The van der Waals surface area contributed by atoms with Crippen molar-refractivity contribution >= 4 is 33.6 Å². The van der Waals surface area contributed by atoms with E-state index in [1.807, 2.05) is 0 Å². The topological polar surface area (TPSA) is 87.7 Å². The van der Waals surface area contributed by atoms with Crippen molar-refractivity contribution < 1.29 is 19.4 Å². The van der Waals surface area contributed by atoms with Gasteiger partial charge in [0.2, 0.25) is 0 Å². The van der Waals surface area contributed by atoms with Crippen LogP contribution in [0.2, 0.25) is 0 Å². The van der Waals surface area contributed by atoms with Crippen molar-refractivity contribution in [1.82, 2.24) is 5.32 Å². The maximum Gasteiger partial charge on any atom is 0.337 e. The quantitative estimate of drug-likeness (QED) is 0.792. The summed E-state index contributed by atoms with van der Waals surface area (Å²) in [7, 11) is 0. The molecule has 1 heterocycles. The number of rotatable bonds is 3. The first-order chi connectivity index (χ1) is 9.06. The van der Waals surface area contributed by atoms with E-state index in [2.05, 4.69) is 26.6 Å². The van der Waals surface area contributed by atoms with E-state index in [4.69, 9.17) is 9.84 Å². The van der Waals surface area contributed by atoms with E-state index in [1.165, 1.54) is 12.1 Å². The molecule has 1 atom stereocenters. The number of carboxylic acids is 1. The molecule has 1 unspecified atom stereocenters. The summed E-state index contributed by atoms with van der Waals surface area (Å²) in [5.74, 6) is -1.10. The Morgan fingerprint density at radius 2 is 2.21 bits per heavy atom. The number of anilines is 1. The average Bonchev–Trinajstić information content (AvgIpc) is 2.83. The van der Waals surface area contributed by atoms with Crippen LogP contribution in [0.4, 0.5) is 10.5 Å². The van der Waals surface area contributed by atoms with E-state index in [-0.39, 0.29) is 17.3 Å². The van der Waals surface area contributed by atoms with Crippen LogP contribution in [0, 0.1) is 0 Å². The van der Waals surface area contributed by atoms with Gasteiger partial charge in [0, 0.05) is 11.1 Å². The molecule has 7 heteroatoms. The molecule has 102 valence electrons. The van der Waals surface area contributed by atoms with Crippen LogP contribution in [0.3, 0.4) is 0 Å². The van der Waals surface area contributed by atoms with Crippen LogP contribution in [0.25, 0.3) is 0 Å². The number of hydrogen-bond acceptors (Lipinski definition) is 3. The molecule has 2 rings (SSSR count). The summed E-state index contributed by atoms with van der Waals surface area (Å²) in [4.78, 5) is 22.8. The van der Waals surface area contributed by atoms with Crippen LogP contribution in [0.5, 0.6) is 0 Å². The predicted molar refractivity (Wildman–Crippen MR) is 72.5 cm³/mol. The number of hydrogen-bond donors (Lipinski definition) is 3. The second-order valence-corrected chi connectivity index (χ2v) is 5.07. The van der Waals surface area contributed by atoms with E-state index in [0.29, 0.717) is 17.7 Å². The average molecular weight is 329 g/mol. The summed E-state index contributed by atoms with van der Waals surface area (Å²) in [6, 6.07) is 4.19. The zero-order valence-corrected chi connectivity index (χ0v) is 11.6. The highest BCUT2D eigenvalue weighted by Gasteiger charge is 2.19. The van der Waals surface area contributed by atoms with Crippen LogP contribution in [0.15, 0.2) is 22.7 Å². The molecule has 1 saturated heterocycles. The molecule has 1 aromatic rings. The van der Waals surface area contributed by atoms with Gasteiger partial charge in [0.25, 0.3) is 0 Å². The predicted octanol–water partition coefficient (Wildman–Crippen LogP) is 2.06. The van der Waals surface area contributed by atoms with Gasteiger partial charge >= 0.3 is 12.0 Å². The van der Waals surface area contributed by atoms with Crippen molar-refractivity contribution in [2.45, 2.75) is 12.5 Å². The minimum Gasteiger partial charge on any atom is -0.478 e. The van der Waals surface area contributed by atoms with E-state index >= 15 is 0 Å². The van der Waals surface area contributed by atoms with Crippen molar-refractivity contribution in [2.24, 2.45) is 0 Å². The molecule has 0 aliphatic carbocycles. The third-order valence-electron chi connectivity index (χ3n) is 2.73. The van der Waals surface area contributed by atoms with Gasteiger partial charge in [0.1, 0.15) is 0 Å². The molecule has 1 aliphatic heterocycles. The molecule has 2 amide bonds. The largest absolute Gasteiger partial charge is 0.478 e. The van der Waals surface area contributed by atoms with Gasteiger partial charge in [-0.05, 0) is 24.6 Å². The molecule has 19 heavy (non-hydrogen) atoms. The Bertz CT molecular complexity index is 501. The first kappa shape index (κ1) is 13.8. The Hall–Kier alpha value is -1.60. The minimum atomic E-state index is -1.10. The summed E-state index contributed by atoms with van der Waals surface area (Å²) >= 11 is 3.19. The summed E-state index contributed by atoms with van der Waals surface area (Å²) in [5, 5.41) is 14.3. The van der Waals surface area contributed by atoms with Crippen LogP contribution in [-0.2, 0) is 4.74 Å². The molecule has 0 spiro atoms. The van der Waals surface area contributed by atoms with E-state index < -0.39 is 12.0 Å². The molecule has 0 bridgehead atoms. The van der Waals surface area contributed by atoms with Crippen LogP contribution < -0.4 is 10.6 Å². The standard InChI is InChI=1S/C12H13BrN2O4/c13-7-1-2-10(9(5-7)11(16)17)15-12(18)14-8-3-4-19-6-8/h1-2,5,8H,3-4,6H2,(H,16,17)(H2,14,15,18). The van der Waals surface area contributed by atoms with Gasteiger partial charge in [0.05, 0.1) is 23.9 Å². The number of nitrogens with one attached hydrogen (secondary N) is 2. The van der Waals surface area contributed by atoms with Crippen molar-refractivity contribution in [3.8, 4) is 0 Å². The number of carboxylic acid groups (broad SMARTS) is 1. The number of halogens is 1. The minimum absolute atomic E-state index is 0.0243. The Morgan fingerprint density at radius 3 is 2.84 bits per heavy atom. The second-order valence-electron chi connectivity index (χ2n) is 4.15. The number of aromatic carboxylic acids is 1. The normalized spacial score (nSPS) is 18.1. The molecule has 1 aliphatic rings. The molecular weight excluding hydrogens is 316 g/mol. The van der Waals surface area contributed by atoms with Gasteiger partial charge in [-0.1, -0.05) is 15.9 Å². The highest BCUT2D eigenvalue weighted by molar-refractivity contribution is 9.10. The third kappa shape index (κ3) is 3.68. The monoisotopic (exact) mass is 328 g/mol. The fraction of sp³-hybridized carbons (Fsp3) is 0.333. The molecule has 0 saturated carbocycles. The molecule has 0 aromatic heterocycles. The van der Waals surface area contributed by atoms with Crippen molar-refractivity contribution in [3.63, 3.8) is 0 Å². The third-order valence-corrected chi connectivity index (χ3v) is 3.22. The van der Waals surface area contributed by atoms with Crippen molar-refractivity contribution in [3.05, 3.63) is 28.2 Å².